The number of fused-ring (bicyclic) bond motifs is 1. The summed E-state index contributed by atoms with van der Waals surface area (Å²) in [7, 11) is -1.90. The average Bonchev–Trinajstić information content (AvgIpc) is 3.40. The molecule has 0 radical (unpaired) electrons. The molecule has 2 amide bonds. The van der Waals surface area contributed by atoms with Crippen molar-refractivity contribution in [2.24, 2.45) is 0 Å². The van der Waals surface area contributed by atoms with Crippen LogP contribution >= 0.6 is 11.3 Å². The Labute approximate surface area is 194 Å². The molecule has 0 bridgehead atoms. The highest BCUT2D eigenvalue weighted by Crippen LogP contribution is 2.43. The predicted molar refractivity (Wildman–Crippen MR) is 127 cm³/mol. The molecule has 5 rings (SSSR count). The number of nitrogens with one attached hydrogen (secondary N) is 2. The fraction of sp³-hybridized carbons (Fsp3) is 0.261. The number of anilines is 1. The fourth-order valence-electron chi connectivity index (χ4n) is 3.97. The highest BCUT2D eigenvalue weighted by atomic mass is 32.2. The van der Waals surface area contributed by atoms with Crippen molar-refractivity contribution < 1.29 is 22.7 Å². The number of thiophene rings is 1. The molecule has 1 saturated carbocycles. The Kier molecular flexibility index (Phi) is 5.41. The van der Waals surface area contributed by atoms with E-state index in [-0.39, 0.29) is 23.1 Å². The molecular weight excluding hydrogens is 462 g/mol. The van der Waals surface area contributed by atoms with Gasteiger partial charge in [-0.15, -0.1) is 0 Å². The SMILES string of the molecule is COc1nc2c(C(=O)Nc3ccsc3)c(C3CC3)ccc2cc1C(=O)N[C@@H]1C=CS(=O)(=O)C1. The van der Waals surface area contributed by atoms with Gasteiger partial charge in [-0.25, -0.2) is 13.4 Å². The maximum Gasteiger partial charge on any atom is 0.258 e. The van der Waals surface area contributed by atoms with Crippen LogP contribution in [0, 0.1) is 0 Å². The summed E-state index contributed by atoms with van der Waals surface area (Å²) in [5.74, 6) is -0.552. The van der Waals surface area contributed by atoms with E-state index >= 15 is 0 Å². The van der Waals surface area contributed by atoms with Crippen molar-refractivity contribution in [3.63, 3.8) is 0 Å². The quantitative estimate of drug-likeness (QED) is 0.555. The summed E-state index contributed by atoms with van der Waals surface area (Å²) in [6.45, 7) is 0. The lowest BCUT2D eigenvalue weighted by Gasteiger charge is -2.16. The van der Waals surface area contributed by atoms with Crippen LogP contribution in [0.25, 0.3) is 10.9 Å². The summed E-state index contributed by atoms with van der Waals surface area (Å²) in [4.78, 5) is 30.7. The van der Waals surface area contributed by atoms with Crippen LogP contribution in [0.15, 0.2) is 46.5 Å². The number of carbonyl (C=O) groups is 2. The first-order chi connectivity index (χ1) is 15.8. The maximum atomic E-state index is 13.3. The van der Waals surface area contributed by atoms with E-state index in [0.717, 1.165) is 23.8 Å². The molecule has 1 fully saturated rings. The second-order valence-electron chi connectivity index (χ2n) is 8.13. The third-order valence-corrected chi connectivity index (χ3v) is 7.77. The first-order valence-electron chi connectivity index (χ1n) is 10.4. The molecule has 1 atom stereocenters. The number of sulfone groups is 1. The van der Waals surface area contributed by atoms with Crippen molar-refractivity contribution in [3.05, 3.63) is 63.2 Å². The summed E-state index contributed by atoms with van der Waals surface area (Å²) >= 11 is 1.49. The van der Waals surface area contributed by atoms with Crippen LogP contribution in [0.3, 0.4) is 0 Å². The molecule has 1 aliphatic carbocycles. The zero-order valence-corrected chi connectivity index (χ0v) is 19.3. The number of benzene rings is 1. The van der Waals surface area contributed by atoms with Crippen LogP contribution in [0.1, 0.15) is 45.0 Å². The zero-order chi connectivity index (χ0) is 23.2. The van der Waals surface area contributed by atoms with Gasteiger partial charge in [0.1, 0.15) is 5.56 Å². The number of nitrogens with zero attached hydrogens (tertiary/aromatic N) is 1. The van der Waals surface area contributed by atoms with Gasteiger partial charge in [0, 0.05) is 16.2 Å². The van der Waals surface area contributed by atoms with Crippen LogP contribution < -0.4 is 15.4 Å². The Morgan fingerprint density at radius 1 is 1.18 bits per heavy atom. The molecule has 2 N–H and O–H groups in total. The van der Waals surface area contributed by atoms with E-state index in [0.29, 0.717) is 28.1 Å². The summed E-state index contributed by atoms with van der Waals surface area (Å²) in [6, 6.07) is 6.62. The number of aromatic nitrogens is 1. The molecule has 33 heavy (non-hydrogen) atoms. The minimum atomic E-state index is -3.30. The van der Waals surface area contributed by atoms with E-state index in [9.17, 15) is 18.0 Å². The molecule has 3 heterocycles. The summed E-state index contributed by atoms with van der Waals surface area (Å²) in [6.07, 6.45) is 3.47. The standard InChI is InChI=1S/C23H21N3O5S2/c1-31-23-18(21(27)25-16-7-9-33(29,30)12-16)10-14-4-5-17(13-2-3-13)19(20(14)26-23)22(28)24-15-6-8-32-11-15/h4-11,13,16H,2-3,12H2,1H3,(H,24,28)(H,25,27)/t16-/m1/s1. The number of pyridine rings is 1. The number of hydrogen-bond donors (Lipinski definition) is 2. The lowest BCUT2D eigenvalue weighted by atomic mass is 9.97. The molecule has 8 nitrogen and oxygen atoms in total. The van der Waals surface area contributed by atoms with E-state index in [2.05, 4.69) is 15.6 Å². The molecular formula is C23H21N3O5S2. The second-order valence-corrected chi connectivity index (χ2v) is 10.8. The highest BCUT2D eigenvalue weighted by Gasteiger charge is 2.31. The normalized spacial score (nSPS) is 18.9. The maximum absolute atomic E-state index is 13.3. The number of hydrogen-bond acceptors (Lipinski definition) is 7. The van der Waals surface area contributed by atoms with Crippen molar-refractivity contribution in [3.8, 4) is 5.88 Å². The van der Waals surface area contributed by atoms with Crippen molar-refractivity contribution in [2.75, 3.05) is 18.2 Å². The molecule has 2 aliphatic rings. The van der Waals surface area contributed by atoms with Gasteiger partial charge in [-0.1, -0.05) is 12.1 Å². The largest absolute Gasteiger partial charge is 0.480 e. The highest BCUT2D eigenvalue weighted by molar-refractivity contribution is 7.94. The van der Waals surface area contributed by atoms with Crippen molar-refractivity contribution >= 4 is 49.6 Å². The zero-order valence-electron chi connectivity index (χ0n) is 17.7. The molecule has 10 heteroatoms. The summed E-state index contributed by atoms with van der Waals surface area (Å²) in [5, 5.41) is 11.1. The molecule has 1 aliphatic heterocycles. The first-order valence-corrected chi connectivity index (χ1v) is 13.1. The molecule has 1 aromatic carbocycles. The fourth-order valence-corrected chi connectivity index (χ4v) is 5.79. The third kappa shape index (κ3) is 4.36. The molecule has 3 aromatic rings. The minimum absolute atomic E-state index is 0.0716. The number of ether oxygens (including phenoxy) is 1. The summed E-state index contributed by atoms with van der Waals surface area (Å²) < 4.78 is 28.7. The van der Waals surface area contributed by atoms with E-state index < -0.39 is 21.8 Å². The van der Waals surface area contributed by atoms with Crippen LogP contribution in [0.5, 0.6) is 5.88 Å². The second kappa shape index (κ2) is 8.27. The van der Waals surface area contributed by atoms with E-state index in [4.69, 9.17) is 4.74 Å². The van der Waals surface area contributed by atoms with Gasteiger partial charge in [0.15, 0.2) is 9.84 Å². The smallest absolute Gasteiger partial charge is 0.258 e. The van der Waals surface area contributed by atoms with Gasteiger partial charge in [-0.3, -0.25) is 9.59 Å². The van der Waals surface area contributed by atoms with Gasteiger partial charge >= 0.3 is 0 Å². The Morgan fingerprint density at radius 3 is 2.64 bits per heavy atom. The van der Waals surface area contributed by atoms with E-state index in [1.807, 2.05) is 29.0 Å². The third-order valence-electron chi connectivity index (χ3n) is 5.69. The topological polar surface area (TPSA) is 114 Å². The average molecular weight is 484 g/mol. The van der Waals surface area contributed by atoms with Gasteiger partial charge in [0.2, 0.25) is 5.88 Å². The van der Waals surface area contributed by atoms with Crippen molar-refractivity contribution in [2.45, 2.75) is 24.8 Å². The van der Waals surface area contributed by atoms with Gasteiger partial charge in [-0.05, 0) is 47.9 Å². The van der Waals surface area contributed by atoms with Gasteiger partial charge in [0.25, 0.3) is 11.8 Å². The van der Waals surface area contributed by atoms with Gasteiger partial charge in [-0.2, -0.15) is 11.3 Å². The monoisotopic (exact) mass is 483 g/mol. The Bertz CT molecular complexity index is 1390. The van der Waals surface area contributed by atoms with E-state index in [1.54, 1.807) is 6.07 Å². The molecule has 0 spiro atoms. The Hall–Kier alpha value is -3.24. The molecule has 2 aromatic heterocycles. The van der Waals surface area contributed by atoms with Crippen LogP contribution in [-0.4, -0.2) is 44.1 Å². The Morgan fingerprint density at radius 2 is 2.00 bits per heavy atom. The Balaban J connectivity index is 1.54. The van der Waals surface area contributed by atoms with Crippen LogP contribution in [0.2, 0.25) is 0 Å². The number of carbonyl (C=O) groups excluding carboxylic acids is 2. The predicted octanol–water partition coefficient (Wildman–Crippen LogP) is 3.48. The lowest BCUT2D eigenvalue weighted by molar-refractivity contribution is 0.0943. The minimum Gasteiger partial charge on any atom is -0.480 e. The number of methoxy groups -OCH3 is 1. The van der Waals surface area contributed by atoms with Gasteiger partial charge < -0.3 is 15.4 Å². The van der Waals surface area contributed by atoms with Crippen molar-refractivity contribution in [1.29, 1.82) is 0 Å². The number of amides is 2. The number of rotatable bonds is 6. The summed E-state index contributed by atoms with van der Waals surface area (Å²) in [5.41, 5.74) is 2.76. The molecule has 170 valence electrons. The van der Waals surface area contributed by atoms with Crippen LogP contribution in [-0.2, 0) is 9.84 Å². The van der Waals surface area contributed by atoms with Gasteiger partial charge in [0.05, 0.1) is 35.7 Å². The first kappa shape index (κ1) is 21.6. The lowest BCUT2D eigenvalue weighted by Crippen LogP contribution is -2.35. The van der Waals surface area contributed by atoms with E-state index in [1.165, 1.54) is 24.5 Å². The molecule has 0 saturated heterocycles. The van der Waals surface area contributed by atoms with Crippen LogP contribution in [0.4, 0.5) is 5.69 Å². The molecule has 0 unspecified atom stereocenters. The van der Waals surface area contributed by atoms with Crippen molar-refractivity contribution in [1.82, 2.24) is 10.3 Å².